The van der Waals surface area contributed by atoms with Gasteiger partial charge in [-0.25, -0.2) is 5.10 Å². The second-order valence-electron chi connectivity index (χ2n) is 4.71. The molecule has 7 heteroatoms. The van der Waals surface area contributed by atoms with Crippen LogP contribution in [0.3, 0.4) is 0 Å². The number of aromatic amines is 1. The summed E-state index contributed by atoms with van der Waals surface area (Å²) in [7, 11) is 0. The molecular weight excluding hydrogens is 248 g/mol. The molecule has 1 aromatic heterocycles. The van der Waals surface area contributed by atoms with Crippen LogP contribution >= 0.6 is 0 Å². The predicted molar refractivity (Wildman–Crippen MR) is 67.6 cm³/mol. The molecule has 1 aliphatic rings. The molecule has 1 saturated heterocycles. The van der Waals surface area contributed by atoms with E-state index in [2.05, 4.69) is 10.2 Å². The Labute approximate surface area is 110 Å². The molecule has 0 saturated carbocycles. The Morgan fingerprint density at radius 3 is 2.58 bits per heavy atom. The summed E-state index contributed by atoms with van der Waals surface area (Å²) < 4.78 is 0. The molecule has 2 amide bonds. The van der Waals surface area contributed by atoms with E-state index in [1.165, 1.54) is 17.0 Å². The first kappa shape index (κ1) is 13.3. The van der Waals surface area contributed by atoms with Crippen LogP contribution in [0.2, 0.25) is 0 Å². The summed E-state index contributed by atoms with van der Waals surface area (Å²) in [6.07, 6.45) is 0. The standard InChI is InChI=1S/C12H16N4O3/c1-8(2)16-6-5-15(7-11(16)18)12(19)9-3-4-10(17)14-13-9/h3-4,8H,5-7H2,1-2H3,(H,14,17). The van der Waals surface area contributed by atoms with Gasteiger partial charge >= 0.3 is 0 Å². The van der Waals surface area contributed by atoms with Crippen LogP contribution in [-0.2, 0) is 4.79 Å². The van der Waals surface area contributed by atoms with Gasteiger partial charge in [-0.3, -0.25) is 14.4 Å². The van der Waals surface area contributed by atoms with Crippen LogP contribution in [0, 0.1) is 0 Å². The molecule has 1 N–H and O–H groups in total. The Hall–Kier alpha value is -2.18. The number of rotatable bonds is 2. The first-order valence-electron chi connectivity index (χ1n) is 6.13. The first-order chi connectivity index (χ1) is 8.99. The normalized spacial score (nSPS) is 16.1. The zero-order valence-electron chi connectivity index (χ0n) is 10.9. The van der Waals surface area contributed by atoms with Crippen LogP contribution in [-0.4, -0.2) is 57.5 Å². The Kier molecular flexibility index (Phi) is 3.64. The largest absolute Gasteiger partial charge is 0.337 e. The number of hydrogen-bond donors (Lipinski definition) is 1. The highest BCUT2D eigenvalue weighted by molar-refractivity contribution is 5.95. The van der Waals surface area contributed by atoms with E-state index in [0.717, 1.165) is 0 Å². The zero-order chi connectivity index (χ0) is 14.0. The Bertz CT molecular complexity index is 532. The van der Waals surface area contributed by atoms with Gasteiger partial charge in [0.15, 0.2) is 0 Å². The molecule has 2 rings (SSSR count). The summed E-state index contributed by atoms with van der Waals surface area (Å²) in [6, 6.07) is 2.74. The number of H-pyrrole nitrogens is 1. The Morgan fingerprint density at radius 1 is 1.32 bits per heavy atom. The molecule has 19 heavy (non-hydrogen) atoms. The van der Waals surface area contributed by atoms with Crippen molar-refractivity contribution in [1.82, 2.24) is 20.0 Å². The maximum absolute atomic E-state index is 12.1. The van der Waals surface area contributed by atoms with Gasteiger partial charge < -0.3 is 9.80 Å². The lowest BCUT2D eigenvalue weighted by molar-refractivity contribution is -0.136. The molecular formula is C12H16N4O3. The summed E-state index contributed by atoms with van der Waals surface area (Å²) in [6.45, 7) is 4.94. The molecule has 0 bridgehead atoms. The van der Waals surface area contributed by atoms with Crippen LogP contribution in [0.25, 0.3) is 0 Å². The summed E-state index contributed by atoms with van der Waals surface area (Å²) in [5.41, 5.74) is -0.220. The molecule has 0 spiro atoms. The monoisotopic (exact) mass is 264 g/mol. The fourth-order valence-electron chi connectivity index (χ4n) is 2.03. The van der Waals surface area contributed by atoms with Gasteiger partial charge in [0, 0.05) is 25.2 Å². The van der Waals surface area contributed by atoms with Crippen molar-refractivity contribution in [2.45, 2.75) is 19.9 Å². The molecule has 1 aliphatic heterocycles. The van der Waals surface area contributed by atoms with E-state index in [1.54, 1.807) is 4.90 Å². The highest BCUT2D eigenvalue weighted by atomic mass is 16.2. The van der Waals surface area contributed by atoms with Crippen LogP contribution < -0.4 is 5.56 Å². The average molecular weight is 264 g/mol. The van der Waals surface area contributed by atoms with E-state index < -0.39 is 0 Å². The minimum atomic E-state index is -0.364. The molecule has 0 aliphatic carbocycles. The van der Waals surface area contributed by atoms with E-state index in [0.29, 0.717) is 13.1 Å². The van der Waals surface area contributed by atoms with Crippen molar-refractivity contribution in [3.63, 3.8) is 0 Å². The molecule has 102 valence electrons. The molecule has 0 radical (unpaired) electrons. The molecule has 1 fully saturated rings. The third kappa shape index (κ3) is 2.81. The molecule has 7 nitrogen and oxygen atoms in total. The minimum absolute atomic E-state index is 0.0534. The van der Waals surface area contributed by atoms with Crippen molar-refractivity contribution in [3.05, 3.63) is 28.2 Å². The van der Waals surface area contributed by atoms with Gasteiger partial charge in [-0.05, 0) is 19.9 Å². The fourth-order valence-corrected chi connectivity index (χ4v) is 2.03. The van der Waals surface area contributed by atoms with Crippen molar-refractivity contribution in [3.8, 4) is 0 Å². The van der Waals surface area contributed by atoms with Crippen molar-refractivity contribution < 1.29 is 9.59 Å². The molecule has 0 atom stereocenters. The number of nitrogens with one attached hydrogen (secondary N) is 1. The predicted octanol–water partition coefficient (Wildman–Crippen LogP) is -0.537. The third-order valence-electron chi connectivity index (χ3n) is 3.07. The Morgan fingerprint density at radius 2 is 2.05 bits per heavy atom. The van der Waals surface area contributed by atoms with Crippen LogP contribution in [0.4, 0.5) is 0 Å². The highest BCUT2D eigenvalue weighted by Crippen LogP contribution is 2.09. The topological polar surface area (TPSA) is 86.4 Å². The van der Waals surface area contributed by atoms with E-state index >= 15 is 0 Å². The summed E-state index contributed by atoms with van der Waals surface area (Å²) >= 11 is 0. The highest BCUT2D eigenvalue weighted by Gasteiger charge is 2.29. The summed E-state index contributed by atoms with van der Waals surface area (Å²) in [5, 5.41) is 5.89. The number of aromatic nitrogens is 2. The van der Waals surface area contributed by atoms with E-state index in [4.69, 9.17) is 0 Å². The van der Waals surface area contributed by atoms with Gasteiger partial charge in [0.1, 0.15) is 12.2 Å². The van der Waals surface area contributed by atoms with Gasteiger partial charge in [-0.1, -0.05) is 0 Å². The number of carbonyl (C=O) groups is 2. The average Bonchev–Trinajstić information content (AvgIpc) is 2.38. The number of carbonyl (C=O) groups excluding carboxylic acids is 2. The lowest BCUT2D eigenvalue weighted by Crippen LogP contribution is -2.54. The van der Waals surface area contributed by atoms with E-state index in [1.807, 2.05) is 13.8 Å². The number of amides is 2. The van der Waals surface area contributed by atoms with Gasteiger partial charge in [-0.2, -0.15) is 5.10 Å². The number of nitrogens with zero attached hydrogens (tertiary/aromatic N) is 3. The second kappa shape index (κ2) is 5.21. The lowest BCUT2D eigenvalue weighted by atomic mass is 10.2. The SMILES string of the molecule is CC(C)N1CCN(C(=O)c2ccc(=O)[nH]n2)CC1=O. The number of piperazine rings is 1. The van der Waals surface area contributed by atoms with Gasteiger partial charge in [0.2, 0.25) is 5.91 Å². The second-order valence-corrected chi connectivity index (χ2v) is 4.71. The lowest BCUT2D eigenvalue weighted by Gasteiger charge is -2.36. The van der Waals surface area contributed by atoms with E-state index in [9.17, 15) is 14.4 Å². The molecule has 0 unspecified atom stereocenters. The molecule has 1 aromatic rings. The van der Waals surface area contributed by atoms with E-state index in [-0.39, 0.29) is 35.7 Å². The smallest absolute Gasteiger partial charge is 0.274 e. The van der Waals surface area contributed by atoms with Crippen LogP contribution in [0.5, 0.6) is 0 Å². The maximum Gasteiger partial charge on any atom is 0.274 e. The Balaban J connectivity index is 2.08. The van der Waals surface area contributed by atoms with Gasteiger partial charge in [0.25, 0.3) is 11.5 Å². The van der Waals surface area contributed by atoms with Gasteiger partial charge in [0.05, 0.1) is 0 Å². The van der Waals surface area contributed by atoms with Crippen molar-refractivity contribution in [1.29, 1.82) is 0 Å². The summed E-state index contributed by atoms with van der Waals surface area (Å²) in [5.74, 6) is -0.410. The quantitative estimate of drug-likeness (QED) is 0.777. The van der Waals surface area contributed by atoms with Crippen molar-refractivity contribution in [2.75, 3.05) is 19.6 Å². The maximum atomic E-state index is 12.1. The zero-order valence-corrected chi connectivity index (χ0v) is 10.9. The van der Waals surface area contributed by atoms with Crippen LogP contribution in [0.1, 0.15) is 24.3 Å². The fraction of sp³-hybridized carbons (Fsp3) is 0.500. The third-order valence-corrected chi connectivity index (χ3v) is 3.07. The van der Waals surface area contributed by atoms with Crippen molar-refractivity contribution in [2.24, 2.45) is 0 Å². The first-order valence-corrected chi connectivity index (χ1v) is 6.13. The summed E-state index contributed by atoms with van der Waals surface area (Å²) in [4.78, 5) is 38.1. The molecule has 2 heterocycles. The van der Waals surface area contributed by atoms with Gasteiger partial charge in [-0.15, -0.1) is 0 Å². The minimum Gasteiger partial charge on any atom is -0.337 e. The number of hydrogen-bond acceptors (Lipinski definition) is 4. The van der Waals surface area contributed by atoms with Crippen molar-refractivity contribution >= 4 is 11.8 Å². The molecule has 0 aromatic carbocycles. The van der Waals surface area contributed by atoms with Crippen LogP contribution in [0.15, 0.2) is 16.9 Å².